The van der Waals surface area contributed by atoms with Crippen LogP contribution in [-0.2, 0) is 0 Å². The normalized spacial score (nSPS) is 24.5. The predicted octanol–water partition coefficient (Wildman–Crippen LogP) is 3.49. The van der Waals surface area contributed by atoms with Gasteiger partial charge in [0.15, 0.2) is 0 Å². The van der Waals surface area contributed by atoms with Crippen LogP contribution in [0.25, 0.3) is 9.88 Å². The average Bonchev–Trinajstić information content (AvgIpc) is 3.18. The van der Waals surface area contributed by atoms with Crippen molar-refractivity contribution in [2.24, 2.45) is 0 Å². The van der Waals surface area contributed by atoms with Gasteiger partial charge in [-0.25, -0.2) is 4.98 Å². The number of nitrogens with one attached hydrogen (secondary N) is 1. The molecule has 2 unspecified atom stereocenters. The Labute approximate surface area is 142 Å². The molecule has 22 heavy (non-hydrogen) atoms. The summed E-state index contributed by atoms with van der Waals surface area (Å²) in [4.78, 5) is 20.2. The summed E-state index contributed by atoms with van der Waals surface area (Å²) < 4.78 is 0.743. The van der Waals surface area contributed by atoms with Gasteiger partial charge in [0.25, 0.3) is 5.91 Å². The maximum Gasteiger partial charge on any atom is 0.273 e. The summed E-state index contributed by atoms with van der Waals surface area (Å²) in [6.45, 7) is 1.62. The largest absolute Gasteiger partial charge is 0.336 e. The Hall–Kier alpha value is -0.950. The molecule has 0 spiro atoms. The maximum absolute atomic E-state index is 12.7. The quantitative estimate of drug-likeness (QED) is 0.898. The first-order valence-corrected chi connectivity index (χ1v) is 9.53. The lowest BCUT2D eigenvalue weighted by Gasteiger charge is -2.23. The van der Waals surface area contributed by atoms with Crippen LogP contribution in [0.2, 0.25) is 4.34 Å². The number of halogens is 1. The van der Waals surface area contributed by atoms with Gasteiger partial charge in [-0.05, 0) is 31.4 Å². The molecule has 0 aromatic carbocycles. The number of likely N-dealkylation sites (tertiary alicyclic amines) is 1. The van der Waals surface area contributed by atoms with Crippen molar-refractivity contribution in [1.29, 1.82) is 0 Å². The molecule has 1 amide bonds. The summed E-state index contributed by atoms with van der Waals surface area (Å²) in [6, 6.07) is 4.85. The fourth-order valence-electron chi connectivity index (χ4n) is 3.20. The van der Waals surface area contributed by atoms with Crippen LogP contribution in [0.5, 0.6) is 0 Å². The molecule has 7 heteroatoms. The molecule has 116 valence electrons. The van der Waals surface area contributed by atoms with E-state index in [0.717, 1.165) is 33.7 Å². The van der Waals surface area contributed by atoms with E-state index in [1.165, 1.54) is 35.5 Å². The first kappa shape index (κ1) is 14.6. The summed E-state index contributed by atoms with van der Waals surface area (Å²) in [5, 5.41) is 6.33. The monoisotopic (exact) mass is 353 g/mol. The number of thiazole rings is 1. The van der Waals surface area contributed by atoms with E-state index in [9.17, 15) is 4.79 Å². The third kappa shape index (κ3) is 2.80. The van der Waals surface area contributed by atoms with Gasteiger partial charge in [-0.15, -0.1) is 22.7 Å². The number of carbonyl (C=O) groups excluding carboxylic acids is 1. The van der Waals surface area contributed by atoms with Gasteiger partial charge in [0.05, 0.1) is 9.21 Å². The minimum Gasteiger partial charge on any atom is -0.336 e. The number of rotatable bonds is 2. The fraction of sp³-hybridized carbons (Fsp3) is 0.467. The number of aromatic nitrogens is 1. The van der Waals surface area contributed by atoms with Crippen LogP contribution in [0.1, 0.15) is 29.8 Å². The Bertz CT molecular complexity index is 699. The zero-order valence-corrected chi connectivity index (χ0v) is 14.3. The van der Waals surface area contributed by atoms with E-state index in [2.05, 4.69) is 10.3 Å². The molecular formula is C15H16ClN3OS2. The Kier molecular flexibility index (Phi) is 3.94. The lowest BCUT2D eigenvalue weighted by molar-refractivity contribution is 0.0743. The molecule has 0 radical (unpaired) electrons. The Morgan fingerprint density at radius 1 is 1.32 bits per heavy atom. The van der Waals surface area contributed by atoms with Crippen molar-refractivity contribution in [3.05, 3.63) is 27.5 Å². The zero-order chi connectivity index (χ0) is 15.1. The summed E-state index contributed by atoms with van der Waals surface area (Å²) in [7, 11) is 0. The predicted molar refractivity (Wildman–Crippen MR) is 90.9 cm³/mol. The number of carbonyl (C=O) groups is 1. The van der Waals surface area contributed by atoms with Crippen LogP contribution < -0.4 is 5.32 Å². The van der Waals surface area contributed by atoms with Crippen molar-refractivity contribution >= 4 is 40.2 Å². The molecular weight excluding hydrogens is 338 g/mol. The highest BCUT2D eigenvalue weighted by atomic mass is 35.5. The standard InChI is InChI=1S/C15H16ClN3OS2/c16-13-4-3-12(22-13)14-18-11(8-21-14)15(20)19-6-5-9-1-2-10(7-19)17-9/h3-4,8-10,17H,1-2,5-7H2. The van der Waals surface area contributed by atoms with Crippen molar-refractivity contribution in [3.8, 4) is 9.88 Å². The van der Waals surface area contributed by atoms with Gasteiger partial charge >= 0.3 is 0 Å². The smallest absolute Gasteiger partial charge is 0.273 e. The molecule has 2 aliphatic heterocycles. The lowest BCUT2D eigenvalue weighted by atomic mass is 10.1. The van der Waals surface area contributed by atoms with E-state index in [-0.39, 0.29) is 5.91 Å². The molecule has 2 aromatic rings. The van der Waals surface area contributed by atoms with Crippen molar-refractivity contribution in [2.75, 3.05) is 13.1 Å². The number of amides is 1. The highest BCUT2D eigenvalue weighted by molar-refractivity contribution is 7.23. The Morgan fingerprint density at radius 2 is 2.18 bits per heavy atom. The molecule has 4 rings (SSSR count). The maximum atomic E-state index is 12.7. The highest BCUT2D eigenvalue weighted by Crippen LogP contribution is 2.33. The summed E-state index contributed by atoms with van der Waals surface area (Å²) in [5.74, 6) is 0.0551. The van der Waals surface area contributed by atoms with Gasteiger partial charge in [-0.1, -0.05) is 11.6 Å². The molecule has 2 aromatic heterocycles. The molecule has 0 saturated carbocycles. The molecule has 2 fully saturated rings. The zero-order valence-electron chi connectivity index (χ0n) is 11.9. The van der Waals surface area contributed by atoms with Crippen molar-refractivity contribution < 1.29 is 4.79 Å². The van der Waals surface area contributed by atoms with Crippen molar-refractivity contribution in [2.45, 2.75) is 31.3 Å². The number of nitrogens with zero attached hydrogens (tertiary/aromatic N) is 2. The molecule has 2 aliphatic rings. The lowest BCUT2D eigenvalue weighted by Crippen LogP contribution is -2.39. The molecule has 4 heterocycles. The summed E-state index contributed by atoms with van der Waals surface area (Å²) in [6.07, 6.45) is 3.46. The van der Waals surface area contributed by atoms with E-state index in [4.69, 9.17) is 11.6 Å². The van der Waals surface area contributed by atoms with Crippen LogP contribution in [-0.4, -0.2) is 41.0 Å². The van der Waals surface area contributed by atoms with Gasteiger partial charge in [0, 0.05) is 30.6 Å². The second kappa shape index (κ2) is 5.92. The van der Waals surface area contributed by atoms with Gasteiger partial charge in [-0.2, -0.15) is 0 Å². The second-order valence-corrected chi connectivity index (χ2v) is 8.39. The van der Waals surface area contributed by atoms with Crippen LogP contribution in [0.4, 0.5) is 0 Å². The van der Waals surface area contributed by atoms with Gasteiger partial charge in [0.1, 0.15) is 10.7 Å². The van der Waals surface area contributed by atoms with Crippen molar-refractivity contribution in [1.82, 2.24) is 15.2 Å². The molecule has 1 N–H and O–H groups in total. The average molecular weight is 354 g/mol. The van der Waals surface area contributed by atoms with Crippen molar-refractivity contribution in [3.63, 3.8) is 0 Å². The number of hydrogen-bond donors (Lipinski definition) is 1. The van der Waals surface area contributed by atoms with E-state index < -0.39 is 0 Å². The minimum absolute atomic E-state index is 0.0551. The van der Waals surface area contributed by atoms with Gasteiger partial charge < -0.3 is 10.2 Å². The summed E-state index contributed by atoms with van der Waals surface area (Å²) >= 11 is 8.97. The minimum atomic E-state index is 0.0551. The van der Waals surface area contributed by atoms with Gasteiger partial charge in [0.2, 0.25) is 0 Å². The molecule has 2 bridgehead atoms. The van der Waals surface area contributed by atoms with Gasteiger partial charge in [-0.3, -0.25) is 4.79 Å². The molecule has 0 aliphatic carbocycles. The van der Waals surface area contributed by atoms with E-state index in [1.54, 1.807) is 0 Å². The number of thiophene rings is 1. The topological polar surface area (TPSA) is 45.2 Å². The third-order valence-electron chi connectivity index (χ3n) is 4.32. The first-order valence-electron chi connectivity index (χ1n) is 7.45. The van der Waals surface area contributed by atoms with E-state index >= 15 is 0 Å². The Balaban J connectivity index is 1.52. The molecule has 2 saturated heterocycles. The van der Waals surface area contributed by atoms with Crippen LogP contribution in [0, 0.1) is 0 Å². The Morgan fingerprint density at radius 3 is 3.00 bits per heavy atom. The highest BCUT2D eigenvalue weighted by Gasteiger charge is 2.32. The fourth-order valence-corrected chi connectivity index (χ4v) is 5.11. The van der Waals surface area contributed by atoms with E-state index in [1.807, 2.05) is 22.4 Å². The van der Waals surface area contributed by atoms with Crippen LogP contribution in [0.15, 0.2) is 17.5 Å². The SMILES string of the molecule is O=C(c1csc(-c2ccc(Cl)s2)n1)N1CCC2CCC(C1)N2. The van der Waals surface area contributed by atoms with Crippen LogP contribution in [0.3, 0.4) is 0 Å². The number of hydrogen-bond acceptors (Lipinski definition) is 5. The second-order valence-electron chi connectivity index (χ2n) is 5.82. The first-order chi connectivity index (χ1) is 10.7. The molecule has 4 nitrogen and oxygen atoms in total. The third-order valence-corrected chi connectivity index (χ3v) is 6.56. The summed E-state index contributed by atoms with van der Waals surface area (Å²) in [5.41, 5.74) is 0.558. The van der Waals surface area contributed by atoms with Crippen LogP contribution >= 0.6 is 34.3 Å². The molecule has 2 atom stereocenters. The number of fused-ring (bicyclic) bond motifs is 2. The van der Waals surface area contributed by atoms with E-state index in [0.29, 0.717) is 17.8 Å².